The summed E-state index contributed by atoms with van der Waals surface area (Å²) in [5, 5.41) is 0. The molecule has 1 aromatic heterocycles. The molecule has 0 aromatic carbocycles. The Morgan fingerprint density at radius 3 is 2.60 bits per heavy atom. The topological polar surface area (TPSA) is 26.0 Å². The predicted octanol–water partition coefficient (Wildman–Crippen LogP) is 3.80. The summed E-state index contributed by atoms with van der Waals surface area (Å²) in [6, 6.07) is 2.54. The first kappa shape index (κ1) is 11.2. The maximum Gasteiger partial charge on any atom is 0.0423 e. The Balaban J connectivity index is 2.19. The van der Waals surface area contributed by atoms with Crippen LogP contribution in [-0.4, -0.2) is 0 Å². The summed E-state index contributed by atoms with van der Waals surface area (Å²) in [5.41, 5.74) is 7.81. The molecule has 2 N–H and O–H groups in total. The van der Waals surface area contributed by atoms with Gasteiger partial charge in [-0.05, 0) is 43.7 Å². The molecule has 1 nitrogen and oxygen atoms in total. The largest absolute Gasteiger partial charge is 0.323 e. The molecule has 3 atom stereocenters. The van der Waals surface area contributed by atoms with Gasteiger partial charge in [-0.25, -0.2) is 0 Å². The van der Waals surface area contributed by atoms with Gasteiger partial charge >= 0.3 is 0 Å². The lowest BCUT2D eigenvalue weighted by Crippen LogP contribution is -2.22. The highest BCUT2D eigenvalue weighted by Crippen LogP contribution is 2.41. The van der Waals surface area contributed by atoms with Crippen molar-refractivity contribution in [2.24, 2.45) is 17.6 Å². The van der Waals surface area contributed by atoms with Crippen LogP contribution in [0, 0.1) is 25.7 Å². The number of thiophene rings is 1. The summed E-state index contributed by atoms with van der Waals surface area (Å²) in [6.07, 6.45) is 4.05. The second-order valence-corrected chi connectivity index (χ2v) is 6.29. The molecule has 0 aliphatic heterocycles. The van der Waals surface area contributed by atoms with Gasteiger partial charge in [-0.1, -0.05) is 19.8 Å². The van der Waals surface area contributed by atoms with Crippen molar-refractivity contribution >= 4 is 11.3 Å². The first-order valence-electron chi connectivity index (χ1n) is 5.92. The highest BCUT2D eigenvalue weighted by molar-refractivity contribution is 7.12. The summed E-state index contributed by atoms with van der Waals surface area (Å²) in [7, 11) is 0. The lowest BCUT2D eigenvalue weighted by molar-refractivity contribution is 0.354. The lowest BCUT2D eigenvalue weighted by Gasteiger charge is -2.23. The van der Waals surface area contributed by atoms with Crippen LogP contribution in [0.3, 0.4) is 0 Å². The molecule has 84 valence electrons. The second-order valence-electron chi connectivity index (χ2n) is 5.00. The average Bonchev–Trinajstić information content (AvgIpc) is 2.71. The lowest BCUT2D eigenvalue weighted by atomic mass is 9.89. The van der Waals surface area contributed by atoms with Gasteiger partial charge in [0.05, 0.1) is 0 Å². The number of hydrogen-bond donors (Lipinski definition) is 1. The molecule has 2 heteroatoms. The highest BCUT2D eigenvalue weighted by Gasteiger charge is 2.30. The minimum Gasteiger partial charge on any atom is -0.323 e. The van der Waals surface area contributed by atoms with Crippen molar-refractivity contribution in [3.8, 4) is 0 Å². The maximum absolute atomic E-state index is 6.42. The molecule has 1 heterocycles. The molecule has 1 aliphatic carbocycles. The summed E-state index contributed by atoms with van der Waals surface area (Å²) < 4.78 is 0. The van der Waals surface area contributed by atoms with Crippen molar-refractivity contribution in [1.29, 1.82) is 0 Å². The molecule has 3 unspecified atom stereocenters. The van der Waals surface area contributed by atoms with E-state index in [0.29, 0.717) is 5.92 Å². The molecule has 1 aromatic rings. The van der Waals surface area contributed by atoms with E-state index >= 15 is 0 Å². The van der Waals surface area contributed by atoms with Crippen LogP contribution in [0.5, 0.6) is 0 Å². The van der Waals surface area contributed by atoms with E-state index in [-0.39, 0.29) is 6.04 Å². The van der Waals surface area contributed by atoms with Gasteiger partial charge in [0.1, 0.15) is 0 Å². The minimum atomic E-state index is 0.279. The Kier molecular flexibility index (Phi) is 3.17. The molecule has 0 bridgehead atoms. The molecule has 0 amide bonds. The van der Waals surface area contributed by atoms with Crippen LogP contribution in [0.25, 0.3) is 0 Å². The third-order valence-electron chi connectivity index (χ3n) is 3.77. The fourth-order valence-corrected chi connectivity index (χ4v) is 4.01. The van der Waals surface area contributed by atoms with Crippen molar-refractivity contribution in [1.82, 2.24) is 0 Å². The van der Waals surface area contributed by atoms with E-state index in [0.717, 1.165) is 5.92 Å². The number of rotatable bonds is 2. The summed E-state index contributed by atoms with van der Waals surface area (Å²) in [4.78, 5) is 2.81. The van der Waals surface area contributed by atoms with Gasteiger partial charge in [-0.2, -0.15) is 0 Å². The fourth-order valence-electron chi connectivity index (χ4n) is 2.89. The van der Waals surface area contributed by atoms with Crippen molar-refractivity contribution in [2.75, 3.05) is 0 Å². The van der Waals surface area contributed by atoms with Crippen molar-refractivity contribution in [2.45, 2.75) is 46.1 Å². The summed E-state index contributed by atoms with van der Waals surface area (Å²) in [5.74, 6) is 1.52. The SMILES string of the molecule is Cc1cc(C)c(C(N)C2CCCC2C)s1. The van der Waals surface area contributed by atoms with Crippen molar-refractivity contribution in [3.05, 3.63) is 21.4 Å². The van der Waals surface area contributed by atoms with Gasteiger partial charge in [-0.3, -0.25) is 0 Å². The smallest absolute Gasteiger partial charge is 0.0423 e. The standard InChI is InChI=1S/C13H21NS/c1-8-5-4-6-11(8)12(14)13-9(2)7-10(3)15-13/h7-8,11-12H,4-6,14H2,1-3H3. The first-order valence-corrected chi connectivity index (χ1v) is 6.73. The molecule has 0 spiro atoms. The normalized spacial score (nSPS) is 28.3. The molecular weight excluding hydrogens is 202 g/mol. The average molecular weight is 223 g/mol. The molecule has 1 fully saturated rings. The molecule has 15 heavy (non-hydrogen) atoms. The molecule has 1 aliphatic rings. The van der Waals surface area contributed by atoms with E-state index in [9.17, 15) is 0 Å². The Bertz CT molecular complexity index is 342. The number of nitrogens with two attached hydrogens (primary N) is 1. The van der Waals surface area contributed by atoms with E-state index in [1.807, 2.05) is 11.3 Å². The Morgan fingerprint density at radius 2 is 2.13 bits per heavy atom. The van der Waals surface area contributed by atoms with E-state index in [4.69, 9.17) is 5.73 Å². The van der Waals surface area contributed by atoms with Crippen LogP contribution in [0.4, 0.5) is 0 Å². The van der Waals surface area contributed by atoms with Crippen LogP contribution in [0.15, 0.2) is 6.07 Å². The maximum atomic E-state index is 6.42. The zero-order valence-electron chi connectivity index (χ0n) is 9.92. The third-order valence-corrected chi connectivity index (χ3v) is 5.03. The van der Waals surface area contributed by atoms with Crippen LogP contribution in [0.1, 0.15) is 47.5 Å². The van der Waals surface area contributed by atoms with Crippen LogP contribution in [-0.2, 0) is 0 Å². The van der Waals surface area contributed by atoms with Crippen LogP contribution in [0.2, 0.25) is 0 Å². The van der Waals surface area contributed by atoms with Gasteiger partial charge in [0.2, 0.25) is 0 Å². The zero-order chi connectivity index (χ0) is 11.0. The fraction of sp³-hybridized carbons (Fsp3) is 0.692. The van der Waals surface area contributed by atoms with E-state index in [1.165, 1.54) is 34.6 Å². The van der Waals surface area contributed by atoms with E-state index in [1.54, 1.807) is 0 Å². The molecule has 2 rings (SSSR count). The molecular formula is C13H21NS. The Hall–Kier alpha value is -0.340. The van der Waals surface area contributed by atoms with E-state index < -0.39 is 0 Å². The van der Waals surface area contributed by atoms with E-state index in [2.05, 4.69) is 26.8 Å². The number of aryl methyl sites for hydroxylation is 2. The first-order chi connectivity index (χ1) is 7.09. The molecule has 0 saturated heterocycles. The van der Waals surface area contributed by atoms with Crippen LogP contribution < -0.4 is 5.73 Å². The summed E-state index contributed by atoms with van der Waals surface area (Å²) in [6.45, 7) is 6.72. The van der Waals surface area contributed by atoms with Gasteiger partial charge in [0.15, 0.2) is 0 Å². The van der Waals surface area contributed by atoms with Gasteiger partial charge in [0.25, 0.3) is 0 Å². The van der Waals surface area contributed by atoms with Crippen molar-refractivity contribution in [3.63, 3.8) is 0 Å². The van der Waals surface area contributed by atoms with Gasteiger partial charge in [-0.15, -0.1) is 11.3 Å². The third kappa shape index (κ3) is 2.11. The predicted molar refractivity (Wildman–Crippen MR) is 67.2 cm³/mol. The van der Waals surface area contributed by atoms with Crippen molar-refractivity contribution < 1.29 is 0 Å². The highest BCUT2D eigenvalue weighted by atomic mass is 32.1. The molecule has 0 radical (unpaired) electrons. The van der Waals surface area contributed by atoms with Crippen LogP contribution >= 0.6 is 11.3 Å². The van der Waals surface area contributed by atoms with Gasteiger partial charge < -0.3 is 5.73 Å². The number of hydrogen-bond acceptors (Lipinski definition) is 2. The molecule has 1 saturated carbocycles. The quantitative estimate of drug-likeness (QED) is 0.811. The zero-order valence-corrected chi connectivity index (χ0v) is 10.7. The van der Waals surface area contributed by atoms with Gasteiger partial charge in [0, 0.05) is 15.8 Å². The summed E-state index contributed by atoms with van der Waals surface area (Å²) >= 11 is 1.89. The Labute approximate surface area is 96.7 Å². The Morgan fingerprint density at radius 1 is 1.40 bits per heavy atom. The second kappa shape index (κ2) is 4.26. The monoisotopic (exact) mass is 223 g/mol. The minimum absolute atomic E-state index is 0.279.